The van der Waals surface area contributed by atoms with Gasteiger partial charge in [0, 0.05) is 24.7 Å². The molecule has 0 saturated heterocycles. The summed E-state index contributed by atoms with van der Waals surface area (Å²) in [6.45, 7) is 1.55. The Morgan fingerprint density at radius 3 is 2.34 bits per heavy atom. The van der Waals surface area contributed by atoms with Crippen LogP contribution in [-0.2, 0) is 16.1 Å². The van der Waals surface area contributed by atoms with Crippen LogP contribution in [0.3, 0.4) is 0 Å². The molecular weight excluding hydrogens is 454 g/mol. The summed E-state index contributed by atoms with van der Waals surface area (Å²) in [7, 11) is 2.89. The molecule has 0 aliphatic heterocycles. The third-order valence-electron chi connectivity index (χ3n) is 6.09. The molecule has 10 nitrogen and oxygen atoms in total. The van der Waals surface area contributed by atoms with Gasteiger partial charge >= 0.3 is 5.69 Å². The summed E-state index contributed by atoms with van der Waals surface area (Å²) in [5.41, 5.74) is 0.626. The molecule has 0 radical (unpaired) electrons. The summed E-state index contributed by atoms with van der Waals surface area (Å²) in [5, 5.41) is 14.2. The van der Waals surface area contributed by atoms with Crippen molar-refractivity contribution < 1.29 is 28.7 Å². The molecule has 1 N–H and O–H groups in total. The van der Waals surface area contributed by atoms with Crippen LogP contribution in [0.1, 0.15) is 38.2 Å². The third kappa shape index (κ3) is 6.84. The average molecular weight is 486 g/mol. The van der Waals surface area contributed by atoms with E-state index in [1.54, 1.807) is 26.2 Å². The molecule has 3 rings (SSSR count). The zero-order valence-electron chi connectivity index (χ0n) is 20.2. The SMILES string of the molecule is COc1ccc(CN(C(=O)COc2ccc([N+](=O)[O-])c(OC)c2)C(C)C(=O)NC2CCCC2)cc1. The van der Waals surface area contributed by atoms with Crippen LogP contribution < -0.4 is 19.5 Å². The first-order valence-electron chi connectivity index (χ1n) is 11.5. The van der Waals surface area contributed by atoms with Crippen LogP contribution >= 0.6 is 0 Å². The Hall–Kier alpha value is -3.82. The summed E-state index contributed by atoms with van der Waals surface area (Å²) in [4.78, 5) is 38.2. The van der Waals surface area contributed by atoms with Crippen LogP contribution in [0, 0.1) is 10.1 Å². The number of rotatable bonds is 11. The van der Waals surface area contributed by atoms with E-state index in [9.17, 15) is 19.7 Å². The molecule has 1 aliphatic rings. The molecule has 0 spiro atoms. The van der Waals surface area contributed by atoms with Gasteiger partial charge in [0.05, 0.1) is 19.1 Å². The summed E-state index contributed by atoms with van der Waals surface area (Å²) >= 11 is 0. The molecule has 188 valence electrons. The first-order chi connectivity index (χ1) is 16.8. The lowest BCUT2D eigenvalue weighted by Crippen LogP contribution is -2.50. The molecule has 1 saturated carbocycles. The highest BCUT2D eigenvalue weighted by Crippen LogP contribution is 2.30. The predicted octanol–water partition coefficient (Wildman–Crippen LogP) is 3.47. The quantitative estimate of drug-likeness (QED) is 0.382. The Labute approximate surface area is 204 Å². The van der Waals surface area contributed by atoms with Gasteiger partial charge in [0.2, 0.25) is 11.7 Å². The number of nitro benzene ring substituents is 1. The van der Waals surface area contributed by atoms with Gasteiger partial charge in [0.25, 0.3) is 5.91 Å². The van der Waals surface area contributed by atoms with E-state index in [1.165, 1.54) is 30.2 Å². The van der Waals surface area contributed by atoms with Crippen LogP contribution in [0.15, 0.2) is 42.5 Å². The van der Waals surface area contributed by atoms with Crippen LogP contribution in [-0.4, -0.2) is 54.5 Å². The van der Waals surface area contributed by atoms with Crippen molar-refractivity contribution in [2.24, 2.45) is 0 Å². The van der Waals surface area contributed by atoms with E-state index >= 15 is 0 Å². The van der Waals surface area contributed by atoms with Gasteiger partial charge in [0.1, 0.15) is 17.5 Å². The topological polar surface area (TPSA) is 120 Å². The van der Waals surface area contributed by atoms with Crippen molar-refractivity contribution in [1.29, 1.82) is 0 Å². The van der Waals surface area contributed by atoms with Crippen molar-refractivity contribution in [2.45, 2.75) is 51.2 Å². The molecule has 10 heteroatoms. The number of carbonyl (C=O) groups is 2. The molecule has 0 heterocycles. The molecule has 1 atom stereocenters. The molecule has 35 heavy (non-hydrogen) atoms. The van der Waals surface area contributed by atoms with E-state index in [4.69, 9.17) is 14.2 Å². The molecule has 1 fully saturated rings. The summed E-state index contributed by atoms with van der Waals surface area (Å²) < 4.78 is 15.9. The van der Waals surface area contributed by atoms with Crippen LogP contribution in [0.2, 0.25) is 0 Å². The van der Waals surface area contributed by atoms with Crippen molar-refractivity contribution >= 4 is 17.5 Å². The number of nitrogens with one attached hydrogen (secondary N) is 1. The molecular formula is C25H31N3O7. The number of nitrogens with zero attached hydrogens (tertiary/aromatic N) is 2. The maximum Gasteiger partial charge on any atom is 0.311 e. The zero-order chi connectivity index (χ0) is 25.4. The van der Waals surface area contributed by atoms with Gasteiger partial charge in [-0.25, -0.2) is 0 Å². The van der Waals surface area contributed by atoms with E-state index in [2.05, 4.69) is 5.32 Å². The Balaban J connectivity index is 1.74. The normalized spacial score (nSPS) is 14.1. The van der Waals surface area contributed by atoms with Gasteiger partial charge < -0.3 is 24.4 Å². The molecule has 2 amide bonds. The summed E-state index contributed by atoms with van der Waals surface area (Å²) in [5.74, 6) is 0.352. The van der Waals surface area contributed by atoms with Crippen molar-refractivity contribution in [3.05, 3.63) is 58.1 Å². The highest BCUT2D eigenvalue weighted by atomic mass is 16.6. The number of benzene rings is 2. The lowest BCUT2D eigenvalue weighted by molar-refractivity contribution is -0.385. The highest BCUT2D eigenvalue weighted by molar-refractivity contribution is 5.88. The second-order valence-corrected chi connectivity index (χ2v) is 8.42. The molecule has 2 aromatic rings. The van der Waals surface area contributed by atoms with Gasteiger partial charge in [-0.05, 0) is 43.5 Å². The van der Waals surface area contributed by atoms with Crippen molar-refractivity contribution in [1.82, 2.24) is 10.2 Å². The maximum atomic E-state index is 13.2. The number of carbonyl (C=O) groups excluding carboxylic acids is 2. The number of ether oxygens (including phenoxy) is 3. The highest BCUT2D eigenvalue weighted by Gasteiger charge is 2.29. The number of amides is 2. The van der Waals surface area contributed by atoms with Crippen LogP contribution in [0.4, 0.5) is 5.69 Å². The first-order valence-corrected chi connectivity index (χ1v) is 11.5. The van der Waals surface area contributed by atoms with E-state index in [0.717, 1.165) is 31.2 Å². The molecule has 0 bridgehead atoms. The second kappa shape index (κ2) is 12.0. The number of hydrogen-bond donors (Lipinski definition) is 1. The Morgan fingerprint density at radius 2 is 1.74 bits per heavy atom. The van der Waals surface area contributed by atoms with Crippen molar-refractivity contribution in [3.63, 3.8) is 0 Å². The maximum absolute atomic E-state index is 13.2. The van der Waals surface area contributed by atoms with Gasteiger partial charge in [-0.1, -0.05) is 25.0 Å². The molecule has 2 aromatic carbocycles. The fraction of sp³-hybridized carbons (Fsp3) is 0.440. The standard InChI is InChI=1S/C25H31N3O7/c1-17(25(30)26-19-6-4-5-7-19)27(15-18-8-10-20(33-2)11-9-18)24(29)16-35-21-12-13-22(28(31)32)23(14-21)34-3/h8-14,17,19H,4-7,15-16H2,1-3H3,(H,26,30). The molecule has 1 unspecified atom stereocenters. The minimum absolute atomic E-state index is 0.0272. The fourth-order valence-corrected chi connectivity index (χ4v) is 4.03. The zero-order valence-corrected chi connectivity index (χ0v) is 20.2. The first kappa shape index (κ1) is 25.8. The van der Waals surface area contributed by atoms with E-state index in [1.807, 2.05) is 12.1 Å². The van der Waals surface area contributed by atoms with Crippen LogP contribution in [0.25, 0.3) is 0 Å². The Bertz CT molecular complexity index is 1040. The van der Waals surface area contributed by atoms with E-state index in [-0.39, 0.29) is 42.3 Å². The van der Waals surface area contributed by atoms with Crippen molar-refractivity contribution in [3.8, 4) is 17.2 Å². The molecule has 0 aromatic heterocycles. The number of methoxy groups -OCH3 is 2. The van der Waals surface area contributed by atoms with E-state index in [0.29, 0.717) is 5.75 Å². The number of nitro groups is 1. The number of hydrogen-bond acceptors (Lipinski definition) is 7. The lowest BCUT2D eigenvalue weighted by Gasteiger charge is -2.29. The average Bonchev–Trinajstić information content (AvgIpc) is 3.38. The van der Waals surface area contributed by atoms with Gasteiger partial charge in [0.15, 0.2) is 6.61 Å². The largest absolute Gasteiger partial charge is 0.497 e. The Kier molecular flexibility index (Phi) is 8.88. The predicted molar refractivity (Wildman–Crippen MR) is 129 cm³/mol. The van der Waals surface area contributed by atoms with E-state index < -0.39 is 16.9 Å². The lowest BCUT2D eigenvalue weighted by atomic mass is 10.1. The molecule has 1 aliphatic carbocycles. The van der Waals surface area contributed by atoms with Gasteiger partial charge in [-0.15, -0.1) is 0 Å². The third-order valence-corrected chi connectivity index (χ3v) is 6.09. The smallest absolute Gasteiger partial charge is 0.311 e. The van der Waals surface area contributed by atoms with Crippen LogP contribution in [0.5, 0.6) is 17.2 Å². The van der Waals surface area contributed by atoms with Crippen molar-refractivity contribution in [2.75, 3.05) is 20.8 Å². The minimum atomic E-state index is -0.722. The fourth-order valence-electron chi connectivity index (χ4n) is 4.03. The monoisotopic (exact) mass is 485 g/mol. The Morgan fingerprint density at radius 1 is 1.09 bits per heavy atom. The minimum Gasteiger partial charge on any atom is -0.497 e. The summed E-state index contributed by atoms with van der Waals surface area (Å²) in [6.07, 6.45) is 4.05. The van der Waals surface area contributed by atoms with Gasteiger partial charge in [-0.3, -0.25) is 19.7 Å². The van der Waals surface area contributed by atoms with Gasteiger partial charge in [-0.2, -0.15) is 0 Å². The second-order valence-electron chi connectivity index (χ2n) is 8.42. The summed E-state index contributed by atoms with van der Waals surface area (Å²) in [6, 6.07) is 10.7.